The molecule has 0 saturated carbocycles. The van der Waals surface area contributed by atoms with E-state index in [9.17, 15) is 8.42 Å². The fourth-order valence-corrected chi connectivity index (χ4v) is 3.34. The number of benzene rings is 1. The summed E-state index contributed by atoms with van der Waals surface area (Å²) in [6, 6.07) is 3.20. The van der Waals surface area contributed by atoms with Crippen molar-refractivity contribution < 1.29 is 17.9 Å². The number of nitrogens with zero attached hydrogens (tertiary/aromatic N) is 1. The summed E-state index contributed by atoms with van der Waals surface area (Å²) in [6.45, 7) is 4.29. The molecule has 0 aromatic heterocycles. The molecule has 1 aromatic rings. The Bertz CT molecular complexity index is 555. The number of hydrogen-bond acceptors (Lipinski definition) is 4. The molecule has 5 nitrogen and oxygen atoms in total. The molecule has 0 amide bonds. The van der Waals surface area contributed by atoms with Crippen LogP contribution >= 0.6 is 0 Å². The molecule has 0 fully saturated rings. The van der Waals surface area contributed by atoms with Gasteiger partial charge in [0.2, 0.25) is 10.0 Å². The first-order chi connectivity index (χ1) is 9.38. The average molecular weight is 301 g/mol. The molecule has 6 heteroatoms. The van der Waals surface area contributed by atoms with Crippen LogP contribution in [0, 0.1) is 6.92 Å². The highest BCUT2D eigenvalue weighted by molar-refractivity contribution is 7.89. The maximum Gasteiger partial charge on any atom is 0.243 e. The summed E-state index contributed by atoms with van der Waals surface area (Å²) in [5, 5.41) is 0. The van der Waals surface area contributed by atoms with E-state index in [0.717, 1.165) is 12.8 Å². The molecule has 114 valence electrons. The Balaban J connectivity index is 3.24. The Morgan fingerprint density at radius 1 is 1.15 bits per heavy atom. The van der Waals surface area contributed by atoms with Crippen molar-refractivity contribution in [2.75, 3.05) is 27.8 Å². The normalized spacial score (nSPS) is 11.7. The quantitative estimate of drug-likeness (QED) is 0.776. The second-order valence-electron chi connectivity index (χ2n) is 4.65. The third kappa shape index (κ3) is 3.43. The molecule has 0 aliphatic heterocycles. The Morgan fingerprint density at radius 3 is 2.20 bits per heavy atom. The predicted molar refractivity (Wildman–Crippen MR) is 79.0 cm³/mol. The van der Waals surface area contributed by atoms with Crippen LogP contribution in [0.25, 0.3) is 0 Å². The maximum atomic E-state index is 12.6. The van der Waals surface area contributed by atoms with E-state index < -0.39 is 10.0 Å². The molecule has 0 saturated heterocycles. The number of unbranched alkanes of at least 4 members (excludes halogenated alkanes) is 1. The van der Waals surface area contributed by atoms with Crippen molar-refractivity contribution in [3.05, 3.63) is 17.7 Å². The molecule has 0 N–H and O–H groups in total. The average Bonchev–Trinajstić information content (AvgIpc) is 2.43. The largest absolute Gasteiger partial charge is 0.493 e. The van der Waals surface area contributed by atoms with Gasteiger partial charge in [0.05, 0.1) is 19.1 Å². The van der Waals surface area contributed by atoms with Gasteiger partial charge in [-0.2, -0.15) is 0 Å². The van der Waals surface area contributed by atoms with Crippen molar-refractivity contribution in [1.29, 1.82) is 0 Å². The highest BCUT2D eigenvalue weighted by Gasteiger charge is 2.24. The number of sulfonamides is 1. The summed E-state index contributed by atoms with van der Waals surface area (Å²) >= 11 is 0. The lowest BCUT2D eigenvalue weighted by Crippen LogP contribution is -2.28. The van der Waals surface area contributed by atoms with Crippen LogP contribution < -0.4 is 9.47 Å². The number of ether oxygens (including phenoxy) is 2. The SMILES string of the molecule is CCCCN(C)S(=O)(=O)c1cc(OC)c(OC)cc1C. The van der Waals surface area contributed by atoms with Gasteiger partial charge in [-0.05, 0) is 25.0 Å². The lowest BCUT2D eigenvalue weighted by atomic mass is 10.2. The molecule has 0 atom stereocenters. The predicted octanol–water partition coefficient (Wildman–Crippen LogP) is 2.43. The van der Waals surface area contributed by atoms with Crippen molar-refractivity contribution in [2.45, 2.75) is 31.6 Å². The third-order valence-electron chi connectivity index (χ3n) is 3.20. The van der Waals surface area contributed by atoms with Gasteiger partial charge < -0.3 is 9.47 Å². The number of rotatable bonds is 7. The summed E-state index contributed by atoms with van der Waals surface area (Å²) in [5.41, 5.74) is 0.644. The Hall–Kier alpha value is -1.27. The summed E-state index contributed by atoms with van der Waals surface area (Å²) < 4.78 is 36.8. The zero-order valence-electron chi connectivity index (χ0n) is 12.8. The summed E-state index contributed by atoms with van der Waals surface area (Å²) in [7, 11) is 1.11. The van der Waals surface area contributed by atoms with Crippen LogP contribution in [-0.4, -0.2) is 40.5 Å². The zero-order valence-corrected chi connectivity index (χ0v) is 13.6. The molecular weight excluding hydrogens is 278 g/mol. The fraction of sp³-hybridized carbons (Fsp3) is 0.571. The van der Waals surface area contributed by atoms with Gasteiger partial charge in [-0.1, -0.05) is 13.3 Å². The van der Waals surface area contributed by atoms with E-state index in [0.29, 0.717) is 23.6 Å². The van der Waals surface area contributed by atoms with Gasteiger partial charge in [0.15, 0.2) is 11.5 Å². The maximum absolute atomic E-state index is 12.6. The van der Waals surface area contributed by atoms with Crippen molar-refractivity contribution in [3.8, 4) is 11.5 Å². The molecule has 20 heavy (non-hydrogen) atoms. The topological polar surface area (TPSA) is 55.8 Å². The van der Waals surface area contributed by atoms with E-state index in [2.05, 4.69) is 0 Å². The van der Waals surface area contributed by atoms with Gasteiger partial charge in [0.25, 0.3) is 0 Å². The van der Waals surface area contributed by atoms with Gasteiger partial charge in [-0.3, -0.25) is 0 Å². The molecule has 0 heterocycles. The summed E-state index contributed by atoms with van der Waals surface area (Å²) in [6.07, 6.45) is 1.78. The van der Waals surface area contributed by atoms with Crippen LogP contribution in [0.4, 0.5) is 0 Å². The van der Waals surface area contributed by atoms with Crippen LogP contribution in [0.1, 0.15) is 25.3 Å². The van der Waals surface area contributed by atoms with Crippen LogP contribution in [0.15, 0.2) is 17.0 Å². The Kier molecular flexibility index (Phi) is 5.83. The smallest absolute Gasteiger partial charge is 0.243 e. The molecule has 1 aromatic carbocycles. The van der Waals surface area contributed by atoms with Crippen LogP contribution in [0.3, 0.4) is 0 Å². The minimum absolute atomic E-state index is 0.258. The first-order valence-electron chi connectivity index (χ1n) is 6.57. The molecule has 0 aliphatic carbocycles. The number of methoxy groups -OCH3 is 2. The minimum Gasteiger partial charge on any atom is -0.493 e. The van der Waals surface area contributed by atoms with E-state index in [4.69, 9.17) is 9.47 Å². The van der Waals surface area contributed by atoms with E-state index in [-0.39, 0.29) is 4.90 Å². The van der Waals surface area contributed by atoms with Gasteiger partial charge in [-0.15, -0.1) is 0 Å². The van der Waals surface area contributed by atoms with Gasteiger partial charge in [-0.25, -0.2) is 12.7 Å². The lowest BCUT2D eigenvalue weighted by Gasteiger charge is -2.19. The van der Waals surface area contributed by atoms with Crippen LogP contribution in [0.2, 0.25) is 0 Å². The zero-order chi connectivity index (χ0) is 15.3. The molecule has 0 aliphatic rings. The van der Waals surface area contributed by atoms with E-state index >= 15 is 0 Å². The second-order valence-corrected chi connectivity index (χ2v) is 6.67. The van der Waals surface area contributed by atoms with Gasteiger partial charge in [0, 0.05) is 19.7 Å². The molecule has 0 unspecified atom stereocenters. The molecule has 0 spiro atoms. The fourth-order valence-electron chi connectivity index (χ4n) is 1.91. The molecule has 1 rings (SSSR count). The van der Waals surface area contributed by atoms with Crippen molar-refractivity contribution in [3.63, 3.8) is 0 Å². The second kappa shape index (κ2) is 6.95. The van der Waals surface area contributed by atoms with Gasteiger partial charge in [0.1, 0.15) is 0 Å². The van der Waals surface area contributed by atoms with E-state index in [1.165, 1.54) is 24.6 Å². The van der Waals surface area contributed by atoms with E-state index in [1.807, 2.05) is 6.92 Å². The first-order valence-corrected chi connectivity index (χ1v) is 8.01. The van der Waals surface area contributed by atoms with Crippen LogP contribution in [0.5, 0.6) is 11.5 Å². The highest BCUT2D eigenvalue weighted by Crippen LogP contribution is 2.33. The number of aryl methyl sites for hydroxylation is 1. The minimum atomic E-state index is -3.50. The monoisotopic (exact) mass is 301 g/mol. The van der Waals surface area contributed by atoms with E-state index in [1.54, 1.807) is 20.0 Å². The lowest BCUT2D eigenvalue weighted by molar-refractivity contribution is 0.353. The van der Waals surface area contributed by atoms with Crippen molar-refractivity contribution in [1.82, 2.24) is 4.31 Å². The first kappa shape index (κ1) is 16.8. The van der Waals surface area contributed by atoms with Crippen molar-refractivity contribution >= 4 is 10.0 Å². The molecule has 0 radical (unpaired) electrons. The Morgan fingerprint density at radius 2 is 1.70 bits per heavy atom. The molecular formula is C14H23NO4S. The standard InChI is InChI=1S/C14H23NO4S/c1-6-7-8-15(3)20(16,17)14-10-13(19-5)12(18-4)9-11(14)2/h9-10H,6-8H2,1-5H3. The highest BCUT2D eigenvalue weighted by atomic mass is 32.2. The Labute approximate surface area is 121 Å². The third-order valence-corrected chi connectivity index (χ3v) is 5.19. The van der Waals surface area contributed by atoms with Crippen LogP contribution in [-0.2, 0) is 10.0 Å². The molecule has 0 bridgehead atoms. The number of hydrogen-bond donors (Lipinski definition) is 0. The van der Waals surface area contributed by atoms with Gasteiger partial charge >= 0.3 is 0 Å². The summed E-state index contributed by atoms with van der Waals surface area (Å²) in [4.78, 5) is 0.258. The summed E-state index contributed by atoms with van der Waals surface area (Å²) in [5.74, 6) is 0.945. The van der Waals surface area contributed by atoms with Crippen molar-refractivity contribution in [2.24, 2.45) is 0 Å².